The Morgan fingerprint density at radius 1 is 1.00 bits per heavy atom. The smallest absolute Gasteiger partial charge is 0.211 e. The Hall–Kier alpha value is -0.140. The quantitative estimate of drug-likeness (QED) is 0.581. The largest absolute Gasteiger partial charge is 0.238 e. The van der Waals surface area contributed by atoms with Crippen molar-refractivity contribution in [1.82, 2.24) is 0 Å². The van der Waals surface area contributed by atoms with Gasteiger partial charge < -0.3 is 0 Å². The molecule has 0 aromatic heterocycles. The maximum Gasteiger partial charge on any atom is 0.238 e. The molecule has 0 aromatic carbocycles. The lowest BCUT2D eigenvalue weighted by Gasteiger charge is -2.14. The molecule has 0 aromatic rings. The first-order chi connectivity index (χ1) is 5.06. The molecule has 0 radical (unpaired) electrons. The van der Waals surface area contributed by atoms with E-state index in [0.29, 0.717) is 5.92 Å². The van der Waals surface area contributed by atoms with E-state index in [0.717, 1.165) is 12.8 Å². The first-order valence-electron chi connectivity index (χ1n) is 4.34. The molecule has 0 saturated heterocycles. The second-order valence-corrected chi connectivity index (χ2v) is 3.48. The highest BCUT2D eigenvalue weighted by atomic mass is 19.3. The maximum absolute atomic E-state index is 11.8. The summed E-state index contributed by atoms with van der Waals surface area (Å²) in [6.07, 6.45) is -0.0484. The Morgan fingerprint density at radius 3 is 1.91 bits per heavy atom. The van der Waals surface area contributed by atoms with Crippen molar-refractivity contribution in [3.05, 3.63) is 0 Å². The zero-order valence-electron chi connectivity index (χ0n) is 7.61. The Bertz CT molecular complexity index is 91.6. The summed E-state index contributed by atoms with van der Waals surface area (Å²) in [6, 6.07) is 0. The normalized spacial score (nSPS) is 16.9. The molecule has 0 saturated carbocycles. The molecular weight excluding hydrogens is 146 g/mol. The summed E-state index contributed by atoms with van der Waals surface area (Å²) in [5, 5.41) is 0. The zero-order chi connectivity index (χ0) is 8.85. The van der Waals surface area contributed by atoms with E-state index in [-0.39, 0.29) is 12.3 Å². The van der Waals surface area contributed by atoms with Crippen LogP contribution in [0.4, 0.5) is 8.78 Å². The average Bonchev–Trinajstić information content (AvgIpc) is 1.85. The van der Waals surface area contributed by atoms with E-state index in [2.05, 4.69) is 13.8 Å². The molecule has 0 fully saturated rings. The van der Waals surface area contributed by atoms with Crippen LogP contribution in [0.2, 0.25) is 0 Å². The number of hydrogen-bond donors (Lipinski definition) is 0. The van der Waals surface area contributed by atoms with Gasteiger partial charge in [-0.3, -0.25) is 0 Å². The van der Waals surface area contributed by atoms with Crippen molar-refractivity contribution in [2.45, 2.75) is 46.5 Å². The summed E-state index contributed by atoms with van der Waals surface area (Å²) in [4.78, 5) is 0. The van der Waals surface area contributed by atoms with E-state index in [1.54, 1.807) is 0 Å². The fourth-order valence-corrected chi connectivity index (χ4v) is 1.25. The van der Waals surface area contributed by atoms with Crippen molar-refractivity contribution < 1.29 is 8.78 Å². The SMILES string of the molecule is CCC(C)CC(C)CC(F)F. The van der Waals surface area contributed by atoms with Gasteiger partial charge >= 0.3 is 0 Å². The minimum atomic E-state index is -2.13. The topological polar surface area (TPSA) is 0 Å². The molecule has 0 aliphatic heterocycles. The van der Waals surface area contributed by atoms with Crippen LogP contribution in [-0.4, -0.2) is 6.43 Å². The van der Waals surface area contributed by atoms with Crippen LogP contribution in [0.3, 0.4) is 0 Å². The average molecular weight is 164 g/mol. The summed E-state index contributed by atoms with van der Waals surface area (Å²) in [5.74, 6) is 0.758. The van der Waals surface area contributed by atoms with Gasteiger partial charge in [0.25, 0.3) is 0 Å². The van der Waals surface area contributed by atoms with E-state index in [9.17, 15) is 8.78 Å². The molecule has 0 nitrogen and oxygen atoms in total. The van der Waals surface area contributed by atoms with Gasteiger partial charge in [0.05, 0.1) is 0 Å². The van der Waals surface area contributed by atoms with Crippen molar-refractivity contribution >= 4 is 0 Å². The lowest BCUT2D eigenvalue weighted by atomic mass is 9.93. The molecule has 0 spiro atoms. The van der Waals surface area contributed by atoms with Gasteiger partial charge in [0.15, 0.2) is 0 Å². The molecular formula is C9H18F2. The number of alkyl halides is 2. The van der Waals surface area contributed by atoms with Crippen LogP contribution in [0.1, 0.15) is 40.0 Å². The summed E-state index contributed by atoms with van der Waals surface area (Å²) in [7, 11) is 0. The second kappa shape index (κ2) is 5.50. The van der Waals surface area contributed by atoms with Gasteiger partial charge in [0.1, 0.15) is 0 Å². The predicted molar refractivity (Wildman–Crippen MR) is 43.9 cm³/mol. The van der Waals surface area contributed by atoms with E-state index in [1.807, 2.05) is 6.92 Å². The predicted octanol–water partition coefficient (Wildman–Crippen LogP) is 3.71. The first kappa shape index (κ1) is 10.9. The molecule has 0 aliphatic rings. The molecule has 0 aliphatic carbocycles. The number of halogens is 2. The molecule has 2 unspecified atom stereocenters. The fourth-order valence-electron chi connectivity index (χ4n) is 1.25. The van der Waals surface area contributed by atoms with Gasteiger partial charge in [-0.2, -0.15) is 0 Å². The summed E-state index contributed by atoms with van der Waals surface area (Å²) in [6.45, 7) is 6.11. The van der Waals surface area contributed by atoms with Gasteiger partial charge in [-0.15, -0.1) is 0 Å². The number of rotatable bonds is 5. The molecule has 0 N–H and O–H groups in total. The highest BCUT2D eigenvalue weighted by molar-refractivity contribution is 4.59. The Kier molecular flexibility index (Phi) is 5.43. The van der Waals surface area contributed by atoms with Gasteiger partial charge in [-0.1, -0.05) is 27.2 Å². The summed E-state index contributed by atoms with van der Waals surface area (Å²) >= 11 is 0. The maximum atomic E-state index is 11.8. The fraction of sp³-hybridized carbons (Fsp3) is 1.00. The van der Waals surface area contributed by atoms with E-state index in [1.165, 1.54) is 0 Å². The van der Waals surface area contributed by atoms with Gasteiger partial charge in [-0.05, 0) is 18.3 Å². The van der Waals surface area contributed by atoms with Crippen LogP contribution in [0.25, 0.3) is 0 Å². The van der Waals surface area contributed by atoms with Crippen LogP contribution in [-0.2, 0) is 0 Å². The second-order valence-electron chi connectivity index (χ2n) is 3.48. The highest BCUT2D eigenvalue weighted by Crippen LogP contribution is 2.20. The Morgan fingerprint density at radius 2 is 1.55 bits per heavy atom. The van der Waals surface area contributed by atoms with Crippen LogP contribution < -0.4 is 0 Å². The van der Waals surface area contributed by atoms with Crippen molar-refractivity contribution in [1.29, 1.82) is 0 Å². The monoisotopic (exact) mass is 164 g/mol. The minimum absolute atomic E-state index is 0.0599. The van der Waals surface area contributed by atoms with E-state index in [4.69, 9.17) is 0 Å². The zero-order valence-corrected chi connectivity index (χ0v) is 7.61. The first-order valence-corrected chi connectivity index (χ1v) is 4.34. The standard InChI is InChI=1S/C9H18F2/c1-4-7(2)5-8(3)6-9(10)11/h7-9H,4-6H2,1-3H3. The van der Waals surface area contributed by atoms with Crippen LogP contribution in [0.15, 0.2) is 0 Å². The van der Waals surface area contributed by atoms with Crippen LogP contribution in [0.5, 0.6) is 0 Å². The van der Waals surface area contributed by atoms with E-state index >= 15 is 0 Å². The third kappa shape index (κ3) is 6.27. The van der Waals surface area contributed by atoms with Gasteiger partial charge in [0.2, 0.25) is 6.43 Å². The molecule has 11 heavy (non-hydrogen) atoms. The minimum Gasteiger partial charge on any atom is -0.211 e. The Labute approximate surface area is 68.0 Å². The Balaban J connectivity index is 3.43. The lowest BCUT2D eigenvalue weighted by Crippen LogP contribution is -2.06. The molecule has 68 valence electrons. The van der Waals surface area contributed by atoms with E-state index < -0.39 is 6.43 Å². The van der Waals surface area contributed by atoms with Gasteiger partial charge in [0, 0.05) is 6.42 Å². The highest BCUT2D eigenvalue weighted by Gasteiger charge is 2.12. The summed E-state index contributed by atoms with van der Waals surface area (Å²) < 4.78 is 23.7. The van der Waals surface area contributed by atoms with Crippen molar-refractivity contribution in [2.75, 3.05) is 0 Å². The van der Waals surface area contributed by atoms with Crippen molar-refractivity contribution in [3.63, 3.8) is 0 Å². The third-order valence-corrected chi connectivity index (χ3v) is 2.08. The molecule has 0 rings (SSSR count). The molecule has 2 atom stereocenters. The summed E-state index contributed by atoms with van der Waals surface area (Å²) in [5.41, 5.74) is 0. The van der Waals surface area contributed by atoms with Crippen molar-refractivity contribution in [2.24, 2.45) is 11.8 Å². The van der Waals surface area contributed by atoms with Crippen molar-refractivity contribution in [3.8, 4) is 0 Å². The lowest BCUT2D eigenvalue weighted by molar-refractivity contribution is 0.112. The van der Waals surface area contributed by atoms with Crippen LogP contribution in [0, 0.1) is 11.8 Å². The van der Waals surface area contributed by atoms with Crippen LogP contribution >= 0.6 is 0 Å². The van der Waals surface area contributed by atoms with Gasteiger partial charge in [-0.25, -0.2) is 8.78 Å². The number of hydrogen-bond acceptors (Lipinski definition) is 0. The molecule has 0 heterocycles. The molecule has 2 heteroatoms. The third-order valence-electron chi connectivity index (χ3n) is 2.08. The molecule has 0 amide bonds. The molecule has 0 bridgehead atoms.